The highest BCUT2D eigenvalue weighted by Gasteiger charge is 2.39. The monoisotopic (exact) mass is 273 g/mol. The van der Waals surface area contributed by atoms with Gasteiger partial charge in [0.1, 0.15) is 0 Å². The number of anilines is 1. The minimum Gasteiger partial charge on any atom is -0.274 e. The molecule has 0 aliphatic carbocycles. The SMILES string of the molecule is CC1CC(C)C(=O)N(c2ccccc2C(C)(C)C)C1=O. The summed E-state index contributed by atoms with van der Waals surface area (Å²) in [6.07, 6.45) is 0.645. The Labute approximate surface area is 121 Å². The number of nitrogens with zero attached hydrogens (tertiary/aromatic N) is 1. The number of carbonyl (C=O) groups is 2. The molecule has 2 amide bonds. The summed E-state index contributed by atoms with van der Waals surface area (Å²) in [6.45, 7) is 10.1. The van der Waals surface area contributed by atoms with Crippen molar-refractivity contribution in [2.24, 2.45) is 11.8 Å². The lowest BCUT2D eigenvalue weighted by atomic mass is 9.83. The number of hydrogen-bond acceptors (Lipinski definition) is 2. The van der Waals surface area contributed by atoms with Crippen molar-refractivity contribution in [2.75, 3.05) is 4.90 Å². The summed E-state index contributed by atoms with van der Waals surface area (Å²) in [5.74, 6) is -0.360. The van der Waals surface area contributed by atoms with Gasteiger partial charge < -0.3 is 0 Å². The van der Waals surface area contributed by atoms with E-state index in [1.165, 1.54) is 4.90 Å². The molecule has 0 spiro atoms. The number of hydrogen-bond donors (Lipinski definition) is 0. The summed E-state index contributed by atoms with van der Waals surface area (Å²) < 4.78 is 0. The van der Waals surface area contributed by atoms with Crippen LogP contribution in [0.2, 0.25) is 0 Å². The highest BCUT2D eigenvalue weighted by atomic mass is 16.2. The highest BCUT2D eigenvalue weighted by Crippen LogP contribution is 2.36. The molecule has 3 nitrogen and oxygen atoms in total. The number of benzene rings is 1. The molecule has 1 aliphatic rings. The lowest BCUT2D eigenvalue weighted by molar-refractivity contribution is -0.134. The van der Waals surface area contributed by atoms with Gasteiger partial charge in [0, 0.05) is 11.8 Å². The Morgan fingerprint density at radius 3 is 2.00 bits per heavy atom. The quantitative estimate of drug-likeness (QED) is 0.734. The molecular weight excluding hydrogens is 250 g/mol. The second-order valence-electron chi connectivity index (χ2n) is 6.82. The van der Waals surface area contributed by atoms with E-state index in [1.807, 2.05) is 38.1 Å². The van der Waals surface area contributed by atoms with Crippen LogP contribution in [0.25, 0.3) is 0 Å². The van der Waals surface area contributed by atoms with E-state index < -0.39 is 0 Å². The standard InChI is InChI=1S/C17H23NO2/c1-11-10-12(2)16(20)18(15(11)19)14-9-7-6-8-13(14)17(3,4)5/h6-9,11-12H,10H2,1-5H3. The molecule has 1 aromatic carbocycles. The van der Waals surface area contributed by atoms with Gasteiger partial charge in [-0.25, -0.2) is 4.90 Å². The zero-order valence-electron chi connectivity index (χ0n) is 12.9. The molecule has 108 valence electrons. The molecule has 0 bridgehead atoms. The summed E-state index contributed by atoms with van der Waals surface area (Å²) in [5, 5.41) is 0. The van der Waals surface area contributed by atoms with E-state index in [1.54, 1.807) is 0 Å². The first kappa shape index (κ1) is 14.8. The van der Waals surface area contributed by atoms with Crippen molar-refractivity contribution in [3.05, 3.63) is 29.8 Å². The van der Waals surface area contributed by atoms with E-state index in [9.17, 15) is 9.59 Å². The third-order valence-corrected chi connectivity index (χ3v) is 3.94. The van der Waals surface area contributed by atoms with Crippen molar-refractivity contribution >= 4 is 17.5 Å². The molecule has 0 N–H and O–H groups in total. The second-order valence-corrected chi connectivity index (χ2v) is 6.82. The maximum atomic E-state index is 12.5. The molecule has 1 saturated heterocycles. The molecule has 2 atom stereocenters. The Morgan fingerprint density at radius 2 is 1.50 bits per heavy atom. The van der Waals surface area contributed by atoms with Crippen LogP contribution in [-0.4, -0.2) is 11.8 Å². The summed E-state index contributed by atoms with van der Waals surface area (Å²) in [7, 11) is 0. The number of rotatable bonds is 1. The third-order valence-electron chi connectivity index (χ3n) is 3.94. The van der Waals surface area contributed by atoms with Gasteiger partial charge in [-0.2, -0.15) is 0 Å². The van der Waals surface area contributed by atoms with E-state index in [-0.39, 0.29) is 29.1 Å². The predicted octanol–water partition coefficient (Wildman–Crippen LogP) is 3.52. The molecule has 1 heterocycles. The van der Waals surface area contributed by atoms with Gasteiger partial charge >= 0.3 is 0 Å². The molecule has 1 fully saturated rings. The summed E-state index contributed by atoms with van der Waals surface area (Å²) in [6, 6.07) is 7.71. The van der Waals surface area contributed by atoms with Crippen LogP contribution in [-0.2, 0) is 15.0 Å². The molecule has 3 heteroatoms. The first-order chi connectivity index (χ1) is 9.23. The van der Waals surface area contributed by atoms with Crippen molar-refractivity contribution in [3.8, 4) is 0 Å². The van der Waals surface area contributed by atoms with E-state index in [0.29, 0.717) is 6.42 Å². The third kappa shape index (κ3) is 2.49. The van der Waals surface area contributed by atoms with Gasteiger partial charge in [0.05, 0.1) is 5.69 Å². The van der Waals surface area contributed by atoms with Gasteiger partial charge in [-0.1, -0.05) is 52.8 Å². The van der Waals surface area contributed by atoms with Crippen molar-refractivity contribution in [2.45, 2.75) is 46.5 Å². The average molecular weight is 273 g/mol. The summed E-state index contributed by atoms with van der Waals surface area (Å²) >= 11 is 0. The fraction of sp³-hybridized carbons (Fsp3) is 0.529. The van der Waals surface area contributed by atoms with Crippen LogP contribution in [0.1, 0.15) is 46.6 Å². The molecule has 0 aromatic heterocycles. The molecule has 2 unspecified atom stereocenters. The Bertz CT molecular complexity index is 522. The fourth-order valence-electron chi connectivity index (χ4n) is 2.82. The lowest BCUT2D eigenvalue weighted by Crippen LogP contribution is -2.49. The van der Waals surface area contributed by atoms with Crippen LogP contribution in [0.15, 0.2) is 24.3 Å². The molecule has 1 aromatic rings. The maximum absolute atomic E-state index is 12.5. The van der Waals surface area contributed by atoms with Gasteiger partial charge in [-0.3, -0.25) is 9.59 Å². The number of amides is 2. The van der Waals surface area contributed by atoms with Gasteiger partial charge in [-0.15, -0.1) is 0 Å². The van der Waals surface area contributed by atoms with Gasteiger partial charge in [0.2, 0.25) is 11.8 Å². The first-order valence-electron chi connectivity index (χ1n) is 7.20. The van der Waals surface area contributed by atoms with Gasteiger partial charge in [-0.05, 0) is 23.5 Å². The van der Waals surface area contributed by atoms with E-state index in [0.717, 1.165) is 11.3 Å². The fourth-order valence-corrected chi connectivity index (χ4v) is 2.82. The minimum atomic E-state index is -0.110. The van der Waals surface area contributed by atoms with Gasteiger partial charge in [0.25, 0.3) is 0 Å². The molecule has 2 rings (SSSR count). The number of carbonyl (C=O) groups excluding carboxylic acids is 2. The average Bonchev–Trinajstić information content (AvgIpc) is 2.36. The van der Waals surface area contributed by atoms with Crippen molar-refractivity contribution in [1.29, 1.82) is 0 Å². The normalized spacial score (nSPS) is 24.1. The summed E-state index contributed by atoms with van der Waals surface area (Å²) in [5.41, 5.74) is 1.66. The topological polar surface area (TPSA) is 37.4 Å². The maximum Gasteiger partial charge on any atom is 0.236 e. The molecule has 0 radical (unpaired) electrons. The van der Waals surface area contributed by atoms with Crippen LogP contribution < -0.4 is 4.90 Å². The van der Waals surface area contributed by atoms with E-state index in [2.05, 4.69) is 20.8 Å². The smallest absolute Gasteiger partial charge is 0.236 e. The first-order valence-corrected chi connectivity index (χ1v) is 7.20. The van der Waals surface area contributed by atoms with Crippen LogP contribution in [0.4, 0.5) is 5.69 Å². The number of imide groups is 1. The Balaban J connectivity index is 2.55. The Morgan fingerprint density at radius 1 is 1.00 bits per heavy atom. The minimum absolute atomic E-state index is 0.0789. The Hall–Kier alpha value is -1.64. The Kier molecular flexibility index (Phi) is 3.72. The van der Waals surface area contributed by atoms with Crippen LogP contribution >= 0.6 is 0 Å². The van der Waals surface area contributed by atoms with Gasteiger partial charge in [0.15, 0.2) is 0 Å². The zero-order valence-corrected chi connectivity index (χ0v) is 12.9. The highest BCUT2D eigenvalue weighted by molar-refractivity contribution is 6.18. The van der Waals surface area contributed by atoms with Crippen LogP contribution in [0, 0.1) is 11.8 Å². The lowest BCUT2D eigenvalue weighted by Gasteiger charge is -2.35. The zero-order chi connectivity index (χ0) is 15.1. The van der Waals surface area contributed by atoms with E-state index >= 15 is 0 Å². The predicted molar refractivity (Wildman–Crippen MR) is 80.6 cm³/mol. The second kappa shape index (κ2) is 5.04. The van der Waals surface area contributed by atoms with E-state index in [4.69, 9.17) is 0 Å². The molecule has 1 aliphatic heterocycles. The van der Waals surface area contributed by atoms with Crippen molar-refractivity contribution < 1.29 is 9.59 Å². The number of piperidine rings is 1. The molecular formula is C17H23NO2. The molecule has 0 saturated carbocycles. The van der Waals surface area contributed by atoms with Crippen molar-refractivity contribution in [1.82, 2.24) is 0 Å². The number of para-hydroxylation sites is 1. The molecule has 20 heavy (non-hydrogen) atoms. The largest absolute Gasteiger partial charge is 0.274 e. The van der Waals surface area contributed by atoms with Crippen molar-refractivity contribution in [3.63, 3.8) is 0 Å². The summed E-state index contributed by atoms with van der Waals surface area (Å²) in [4.78, 5) is 26.3. The van der Waals surface area contributed by atoms with Crippen LogP contribution in [0.3, 0.4) is 0 Å². The van der Waals surface area contributed by atoms with Crippen LogP contribution in [0.5, 0.6) is 0 Å².